The van der Waals surface area contributed by atoms with Gasteiger partial charge in [-0.2, -0.15) is 0 Å². The number of carbonyl (C=O) groups is 2. The lowest BCUT2D eigenvalue weighted by Gasteiger charge is -2.18. The highest BCUT2D eigenvalue weighted by molar-refractivity contribution is 5.97. The second-order valence-corrected chi connectivity index (χ2v) is 6.54. The number of rotatable bonds is 4. The van der Waals surface area contributed by atoms with E-state index in [1.807, 2.05) is 0 Å². The molecule has 1 saturated heterocycles. The lowest BCUT2D eigenvalue weighted by atomic mass is 9.98. The summed E-state index contributed by atoms with van der Waals surface area (Å²) < 4.78 is 0. The second-order valence-electron chi connectivity index (χ2n) is 6.54. The van der Waals surface area contributed by atoms with E-state index in [-0.39, 0.29) is 11.7 Å². The molecule has 5 heteroatoms. The van der Waals surface area contributed by atoms with Gasteiger partial charge in [-0.25, -0.2) is 0 Å². The molecule has 0 bridgehead atoms. The van der Waals surface area contributed by atoms with Crippen LogP contribution >= 0.6 is 0 Å². The Hall–Kier alpha value is -1.72. The molecule has 2 fully saturated rings. The standard InChI is InChI=1S/C17H23N3O2/c1-11(21)12-3-2-4-14(7-12)19-17(22)10-20-8-13-5-6-16(18)15(13)9-20/h2-4,7,13,15-16H,5-6,8-10,18H2,1H3,(H,19,22). The first kappa shape index (κ1) is 15.2. The quantitative estimate of drug-likeness (QED) is 0.826. The number of anilines is 1. The van der Waals surface area contributed by atoms with Gasteiger partial charge in [0.25, 0.3) is 0 Å². The first-order valence-corrected chi connectivity index (χ1v) is 7.91. The molecule has 2 aliphatic rings. The van der Waals surface area contributed by atoms with Gasteiger partial charge in [-0.1, -0.05) is 12.1 Å². The largest absolute Gasteiger partial charge is 0.327 e. The van der Waals surface area contributed by atoms with E-state index in [1.54, 1.807) is 24.3 Å². The molecule has 1 aromatic rings. The molecule has 3 N–H and O–H groups in total. The van der Waals surface area contributed by atoms with Gasteiger partial charge >= 0.3 is 0 Å². The number of nitrogens with two attached hydrogens (primary N) is 1. The van der Waals surface area contributed by atoms with Crippen LogP contribution in [0, 0.1) is 11.8 Å². The number of benzene rings is 1. The minimum absolute atomic E-state index is 0.00236. The van der Waals surface area contributed by atoms with Crippen LogP contribution < -0.4 is 11.1 Å². The van der Waals surface area contributed by atoms with Crippen LogP contribution in [0.1, 0.15) is 30.1 Å². The van der Waals surface area contributed by atoms with Crippen molar-refractivity contribution in [1.82, 2.24) is 4.90 Å². The molecule has 3 atom stereocenters. The predicted octanol–water partition coefficient (Wildman–Crippen LogP) is 1.50. The van der Waals surface area contributed by atoms with E-state index in [0.717, 1.165) is 19.5 Å². The van der Waals surface area contributed by atoms with E-state index in [4.69, 9.17) is 5.73 Å². The van der Waals surface area contributed by atoms with E-state index in [0.29, 0.717) is 35.7 Å². The van der Waals surface area contributed by atoms with E-state index < -0.39 is 0 Å². The normalized spacial score (nSPS) is 27.6. The summed E-state index contributed by atoms with van der Waals surface area (Å²) >= 11 is 0. The van der Waals surface area contributed by atoms with E-state index in [9.17, 15) is 9.59 Å². The second kappa shape index (κ2) is 6.18. The van der Waals surface area contributed by atoms with Crippen molar-refractivity contribution >= 4 is 17.4 Å². The van der Waals surface area contributed by atoms with Gasteiger partial charge in [-0.05, 0) is 43.7 Å². The Morgan fingerprint density at radius 3 is 2.86 bits per heavy atom. The molecule has 1 amide bonds. The number of ketones is 1. The molecular formula is C17H23N3O2. The van der Waals surface area contributed by atoms with Crippen molar-refractivity contribution in [2.75, 3.05) is 25.0 Å². The monoisotopic (exact) mass is 301 g/mol. The molecule has 1 aliphatic carbocycles. The number of hydrogen-bond acceptors (Lipinski definition) is 4. The number of amides is 1. The Morgan fingerprint density at radius 2 is 2.14 bits per heavy atom. The molecule has 1 saturated carbocycles. The Balaban J connectivity index is 1.55. The van der Waals surface area contributed by atoms with Crippen molar-refractivity contribution < 1.29 is 9.59 Å². The van der Waals surface area contributed by atoms with Gasteiger partial charge in [-0.3, -0.25) is 14.5 Å². The zero-order valence-corrected chi connectivity index (χ0v) is 12.9. The van der Waals surface area contributed by atoms with Crippen LogP contribution in [0.4, 0.5) is 5.69 Å². The molecule has 0 spiro atoms. The fourth-order valence-electron chi connectivity index (χ4n) is 3.75. The predicted molar refractivity (Wildman–Crippen MR) is 85.7 cm³/mol. The average molecular weight is 301 g/mol. The molecule has 118 valence electrons. The molecule has 1 aromatic carbocycles. The van der Waals surface area contributed by atoms with Gasteiger partial charge in [0, 0.05) is 30.4 Å². The van der Waals surface area contributed by atoms with Crippen LogP contribution in [-0.2, 0) is 4.79 Å². The van der Waals surface area contributed by atoms with E-state index in [2.05, 4.69) is 10.2 Å². The molecular weight excluding hydrogens is 278 g/mol. The van der Waals surface area contributed by atoms with Gasteiger partial charge in [-0.15, -0.1) is 0 Å². The van der Waals surface area contributed by atoms with Crippen molar-refractivity contribution in [2.24, 2.45) is 17.6 Å². The van der Waals surface area contributed by atoms with Crippen molar-refractivity contribution in [3.05, 3.63) is 29.8 Å². The molecule has 3 rings (SSSR count). The summed E-state index contributed by atoms with van der Waals surface area (Å²) in [5.41, 5.74) is 7.41. The van der Waals surface area contributed by atoms with E-state index >= 15 is 0 Å². The molecule has 0 radical (unpaired) electrons. The highest BCUT2D eigenvalue weighted by Crippen LogP contribution is 2.36. The molecule has 1 heterocycles. The maximum atomic E-state index is 12.2. The number of fused-ring (bicyclic) bond motifs is 1. The molecule has 22 heavy (non-hydrogen) atoms. The lowest BCUT2D eigenvalue weighted by Crippen LogP contribution is -2.34. The van der Waals surface area contributed by atoms with E-state index in [1.165, 1.54) is 13.3 Å². The first-order chi connectivity index (χ1) is 10.5. The first-order valence-electron chi connectivity index (χ1n) is 7.91. The molecule has 5 nitrogen and oxygen atoms in total. The number of nitrogens with zero attached hydrogens (tertiary/aromatic N) is 1. The van der Waals surface area contributed by atoms with Crippen molar-refractivity contribution in [3.8, 4) is 0 Å². The molecule has 0 aromatic heterocycles. The summed E-state index contributed by atoms with van der Waals surface area (Å²) in [6, 6.07) is 7.35. The van der Waals surface area contributed by atoms with Crippen molar-refractivity contribution in [1.29, 1.82) is 0 Å². The maximum absolute atomic E-state index is 12.2. The van der Waals surface area contributed by atoms with Gasteiger partial charge in [0.15, 0.2) is 5.78 Å². The SMILES string of the molecule is CC(=O)c1cccc(NC(=O)CN2CC3CCC(N)C3C2)c1. The fraction of sp³-hybridized carbons (Fsp3) is 0.529. The van der Waals surface area contributed by atoms with Crippen LogP contribution in [0.3, 0.4) is 0 Å². The molecule has 3 unspecified atom stereocenters. The topological polar surface area (TPSA) is 75.4 Å². The van der Waals surface area contributed by atoms with Crippen LogP contribution in [0.25, 0.3) is 0 Å². The van der Waals surface area contributed by atoms with Crippen LogP contribution in [0.2, 0.25) is 0 Å². The Morgan fingerprint density at radius 1 is 1.32 bits per heavy atom. The minimum Gasteiger partial charge on any atom is -0.327 e. The summed E-state index contributed by atoms with van der Waals surface area (Å²) in [7, 11) is 0. The number of hydrogen-bond donors (Lipinski definition) is 2. The highest BCUT2D eigenvalue weighted by Gasteiger charge is 2.41. The summed E-state index contributed by atoms with van der Waals surface area (Å²) in [6.45, 7) is 3.81. The number of likely N-dealkylation sites (tertiary alicyclic amines) is 1. The third kappa shape index (κ3) is 3.20. The summed E-state index contributed by atoms with van der Waals surface area (Å²) in [5, 5.41) is 2.88. The van der Waals surface area contributed by atoms with Crippen LogP contribution in [0.5, 0.6) is 0 Å². The minimum atomic E-state index is -0.0331. The Kier molecular flexibility index (Phi) is 4.27. The fourth-order valence-corrected chi connectivity index (χ4v) is 3.75. The van der Waals surface area contributed by atoms with Crippen LogP contribution in [0.15, 0.2) is 24.3 Å². The number of Topliss-reactive ketones (excluding diaryl/α,β-unsaturated/α-hetero) is 1. The summed E-state index contributed by atoms with van der Waals surface area (Å²) in [5.74, 6) is 1.17. The average Bonchev–Trinajstić information content (AvgIpc) is 3.01. The van der Waals surface area contributed by atoms with Gasteiger partial charge < -0.3 is 11.1 Å². The number of nitrogens with one attached hydrogen (secondary N) is 1. The molecule has 1 aliphatic heterocycles. The summed E-state index contributed by atoms with van der Waals surface area (Å²) in [4.78, 5) is 25.7. The number of carbonyl (C=O) groups excluding carboxylic acids is 2. The lowest BCUT2D eigenvalue weighted by molar-refractivity contribution is -0.117. The van der Waals surface area contributed by atoms with Crippen molar-refractivity contribution in [2.45, 2.75) is 25.8 Å². The van der Waals surface area contributed by atoms with Gasteiger partial charge in [0.05, 0.1) is 6.54 Å². The Bertz CT molecular complexity index is 587. The van der Waals surface area contributed by atoms with Crippen LogP contribution in [-0.4, -0.2) is 42.3 Å². The third-order valence-corrected chi connectivity index (χ3v) is 4.91. The van der Waals surface area contributed by atoms with Gasteiger partial charge in [0.1, 0.15) is 0 Å². The third-order valence-electron chi connectivity index (χ3n) is 4.91. The highest BCUT2D eigenvalue weighted by atomic mass is 16.2. The Labute approximate surface area is 130 Å². The zero-order chi connectivity index (χ0) is 15.7. The zero-order valence-electron chi connectivity index (χ0n) is 12.9. The smallest absolute Gasteiger partial charge is 0.238 e. The summed E-state index contributed by atoms with van der Waals surface area (Å²) in [6.07, 6.45) is 2.30. The van der Waals surface area contributed by atoms with Gasteiger partial charge in [0.2, 0.25) is 5.91 Å². The van der Waals surface area contributed by atoms with Crippen molar-refractivity contribution in [3.63, 3.8) is 0 Å². The maximum Gasteiger partial charge on any atom is 0.238 e.